The highest BCUT2D eigenvalue weighted by atomic mass is 16.6. The van der Waals surface area contributed by atoms with Gasteiger partial charge in [0, 0.05) is 0 Å². The zero-order valence-corrected chi connectivity index (χ0v) is 32.7. The summed E-state index contributed by atoms with van der Waals surface area (Å²) in [5.41, 5.74) is -7.43. The van der Waals surface area contributed by atoms with Crippen molar-refractivity contribution in [3.8, 4) is 23.0 Å². The highest BCUT2D eigenvalue weighted by Gasteiger charge is 2.73. The van der Waals surface area contributed by atoms with E-state index in [1.165, 1.54) is 84.9 Å². The average Bonchev–Trinajstić information content (AvgIpc) is 3.67. The van der Waals surface area contributed by atoms with E-state index >= 15 is 0 Å². The maximum Gasteiger partial charge on any atom is 0.347 e. The van der Waals surface area contributed by atoms with Crippen molar-refractivity contribution < 1.29 is 77.7 Å². The zero-order chi connectivity index (χ0) is 44.1. The molecule has 0 bridgehead atoms. The van der Waals surface area contributed by atoms with Crippen LogP contribution >= 0.6 is 0 Å². The van der Waals surface area contributed by atoms with Crippen molar-refractivity contribution in [3.63, 3.8) is 0 Å². The van der Waals surface area contributed by atoms with Crippen LogP contribution in [0, 0.1) is 11.3 Å². The highest BCUT2D eigenvalue weighted by Crippen LogP contribution is 2.55. The first-order valence-corrected chi connectivity index (χ1v) is 19.5. The van der Waals surface area contributed by atoms with Crippen molar-refractivity contribution in [3.05, 3.63) is 118 Å². The third kappa shape index (κ3) is 8.03. The van der Waals surface area contributed by atoms with Gasteiger partial charge in [0.1, 0.15) is 23.0 Å². The summed E-state index contributed by atoms with van der Waals surface area (Å²) in [4.78, 5) is 102. The molecule has 0 saturated carbocycles. The second kappa shape index (κ2) is 17.9. The third-order valence-corrected chi connectivity index (χ3v) is 11.0. The second-order valence-corrected chi connectivity index (χ2v) is 14.6. The molecule has 1 unspecified atom stereocenters. The van der Waals surface area contributed by atoms with E-state index in [4.69, 9.17) is 9.47 Å². The molecule has 1 atom stereocenters. The Hall–Kier alpha value is -7.36. The van der Waals surface area contributed by atoms with E-state index < -0.39 is 64.5 Å². The number of hydrogen-bond donors (Lipinski definition) is 4. The Morgan fingerprint density at radius 2 is 0.869 bits per heavy atom. The van der Waals surface area contributed by atoms with Crippen molar-refractivity contribution in [2.75, 3.05) is 0 Å². The molecule has 0 spiro atoms. The van der Waals surface area contributed by atoms with E-state index in [9.17, 15) is 58.8 Å². The number of esters is 4. The Labute approximate surface area is 347 Å². The van der Waals surface area contributed by atoms with E-state index in [0.29, 0.717) is 12.8 Å². The molecule has 0 fully saturated rings. The lowest BCUT2D eigenvalue weighted by atomic mass is 9.50. The van der Waals surface area contributed by atoms with Crippen LogP contribution in [-0.4, -0.2) is 68.2 Å². The van der Waals surface area contributed by atoms with Crippen molar-refractivity contribution in [2.45, 2.75) is 70.1 Å². The van der Waals surface area contributed by atoms with Gasteiger partial charge in [0.25, 0.3) is 5.41 Å². The molecule has 2 aliphatic rings. The molecule has 4 N–H and O–H groups in total. The van der Waals surface area contributed by atoms with Gasteiger partial charge in [0.05, 0.1) is 33.6 Å². The van der Waals surface area contributed by atoms with Crippen LogP contribution in [0.15, 0.2) is 84.9 Å². The fourth-order valence-corrected chi connectivity index (χ4v) is 8.15. The number of carboxylic acid groups (broad SMARTS) is 4. The number of ether oxygens (including phenoxy) is 4. The lowest BCUT2D eigenvalue weighted by Gasteiger charge is -2.47. The van der Waals surface area contributed by atoms with Gasteiger partial charge < -0.3 is 39.4 Å². The number of unbranched alkanes of at least 4 members (excludes halogenated alkanes) is 7. The quantitative estimate of drug-likeness (QED) is 0.0357. The van der Waals surface area contributed by atoms with Gasteiger partial charge in [-0.15, -0.1) is 0 Å². The normalized spacial score (nSPS) is 13.8. The van der Waals surface area contributed by atoms with Crippen LogP contribution in [0.2, 0.25) is 0 Å². The number of cyclic esters (lactones) is 4. The number of fused-ring (bicyclic) bond motifs is 2. The summed E-state index contributed by atoms with van der Waals surface area (Å²) >= 11 is 0. The summed E-state index contributed by atoms with van der Waals surface area (Å²) in [7, 11) is 0. The van der Waals surface area contributed by atoms with Gasteiger partial charge in [0.15, 0.2) is 0 Å². The van der Waals surface area contributed by atoms with Crippen LogP contribution in [0.1, 0.15) is 117 Å². The highest BCUT2D eigenvalue weighted by molar-refractivity contribution is 6.19. The molecule has 16 nitrogen and oxygen atoms in total. The Balaban J connectivity index is 1.47. The van der Waals surface area contributed by atoms with Crippen LogP contribution < -0.4 is 9.47 Å². The standard InChI is InChI=1S/C45H40O16/c1-2-3-4-5-6-7-8-9-10-35(36(46)47)44(45(41(52)53,42(54)55)43(56)57,25-11-15-27(16-12-25)58-29-19-21-31-33(23-29)39(50)60-37(31)48)26-13-17-28(18-14-26)59-30-20-22-32-34(24-30)40(51)61-38(32)49/h11-24,35H,2-10H2,1H3,(H,46,47)(H,52,53)(H,54,55)(H,56,57). The topological polar surface area (TPSA) is 254 Å². The van der Waals surface area contributed by atoms with Gasteiger partial charge in [0.2, 0.25) is 0 Å². The maximum atomic E-state index is 13.6. The predicted molar refractivity (Wildman–Crippen MR) is 210 cm³/mol. The first-order chi connectivity index (χ1) is 29.2. The summed E-state index contributed by atoms with van der Waals surface area (Å²) in [5, 5.41) is 43.6. The molecule has 6 rings (SSSR count). The Bertz CT molecular complexity index is 2250. The lowest BCUT2D eigenvalue weighted by molar-refractivity contribution is -0.184. The molecule has 316 valence electrons. The number of hydrogen-bond acceptors (Lipinski definition) is 12. The predicted octanol–water partition coefficient (Wildman–Crippen LogP) is 7.65. The molecule has 61 heavy (non-hydrogen) atoms. The minimum absolute atomic E-state index is 0.0194. The summed E-state index contributed by atoms with van der Waals surface area (Å²) < 4.78 is 21.0. The zero-order valence-electron chi connectivity index (χ0n) is 32.7. The monoisotopic (exact) mass is 836 g/mol. The van der Waals surface area contributed by atoms with Crippen LogP contribution in [-0.2, 0) is 34.1 Å². The molecule has 2 aliphatic heterocycles. The maximum absolute atomic E-state index is 13.6. The summed E-state index contributed by atoms with van der Waals surface area (Å²) in [6.07, 6.45) is 5.96. The van der Waals surface area contributed by atoms with E-state index in [-0.39, 0.29) is 69.2 Å². The smallest absolute Gasteiger partial charge is 0.347 e. The number of carbonyl (C=O) groups is 8. The molecule has 4 aromatic carbocycles. The van der Waals surface area contributed by atoms with Gasteiger partial charge in [-0.1, -0.05) is 82.6 Å². The number of carboxylic acids is 4. The fraction of sp³-hybridized carbons (Fsp3) is 0.289. The third-order valence-electron chi connectivity index (χ3n) is 11.0. The number of rotatable bonds is 21. The van der Waals surface area contributed by atoms with Gasteiger partial charge in [-0.25, -0.2) is 19.2 Å². The first-order valence-electron chi connectivity index (χ1n) is 19.5. The molecule has 0 aromatic heterocycles. The Kier molecular flexibility index (Phi) is 12.7. The van der Waals surface area contributed by atoms with Crippen LogP contribution in [0.5, 0.6) is 23.0 Å². The first kappa shape index (κ1) is 43.2. The van der Waals surface area contributed by atoms with Gasteiger partial charge >= 0.3 is 47.8 Å². The minimum Gasteiger partial charge on any atom is -0.481 e. The molecule has 0 aliphatic carbocycles. The Morgan fingerprint density at radius 3 is 1.25 bits per heavy atom. The molecule has 2 heterocycles. The number of carbonyl (C=O) groups excluding carboxylic acids is 4. The molecular weight excluding hydrogens is 796 g/mol. The van der Waals surface area contributed by atoms with Crippen LogP contribution in [0.25, 0.3) is 0 Å². The molecule has 0 saturated heterocycles. The van der Waals surface area contributed by atoms with Crippen molar-refractivity contribution in [2.24, 2.45) is 11.3 Å². The minimum atomic E-state index is -3.86. The van der Waals surface area contributed by atoms with Gasteiger partial charge in [-0.2, -0.15) is 0 Å². The summed E-state index contributed by atoms with van der Waals surface area (Å²) in [6.45, 7) is 2.08. The van der Waals surface area contributed by atoms with E-state index in [0.717, 1.165) is 32.1 Å². The van der Waals surface area contributed by atoms with Gasteiger partial charge in [-0.3, -0.25) is 19.2 Å². The van der Waals surface area contributed by atoms with E-state index in [2.05, 4.69) is 16.4 Å². The van der Waals surface area contributed by atoms with Crippen LogP contribution in [0.3, 0.4) is 0 Å². The SMILES string of the molecule is CCCCCCCCCCC(C(=O)O)C(c1ccc(Oc2ccc3c(c2)C(=O)OC3=O)cc1)(c1ccc(Oc2ccc3c(c2)C(=O)OC3=O)cc1)C(C(=O)O)(C(=O)O)C(=O)O. The van der Waals surface area contributed by atoms with Crippen molar-refractivity contribution >= 4 is 47.8 Å². The molecule has 0 amide bonds. The molecule has 16 heteroatoms. The number of benzene rings is 4. The van der Waals surface area contributed by atoms with Crippen LogP contribution in [0.4, 0.5) is 0 Å². The lowest BCUT2D eigenvalue weighted by Crippen LogP contribution is -2.65. The second-order valence-electron chi connectivity index (χ2n) is 14.6. The average molecular weight is 837 g/mol. The Morgan fingerprint density at radius 1 is 0.508 bits per heavy atom. The molecule has 0 radical (unpaired) electrons. The number of aliphatic carboxylic acids is 4. The molecular formula is C45H40O16. The van der Waals surface area contributed by atoms with Crippen molar-refractivity contribution in [1.29, 1.82) is 0 Å². The molecule has 4 aromatic rings. The largest absolute Gasteiger partial charge is 0.481 e. The van der Waals surface area contributed by atoms with Gasteiger partial charge in [-0.05, 0) is 78.2 Å². The summed E-state index contributed by atoms with van der Waals surface area (Å²) in [6, 6.07) is 17.7. The summed E-state index contributed by atoms with van der Waals surface area (Å²) in [5.74, 6) is -13.9. The van der Waals surface area contributed by atoms with E-state index in [1.54, 1.807) is 0 Å². The van der Waals surface area contributed by atoms with Crippen molar-refractivity contribution in [1.82, 2.24) is 0 Å². The fourth-order valence-electron chi connectivity index (χ4n) is 8.15. The van der Waals surface area contributed by atoms with E-state index in [1.807, 2.05) is 0 Å².